The normalized spacial score (nSPS) is 10.4. The van der Waals surface area contributed by atoms with Gasteiger partial charge in [0.2, 0.25) is 0 Å². The van der Waals surface area contributed by atoms with Gasteiger partial charge in [-0.3, -0.25) is 14.7 Å². The number of aryl methyl sites for hydroxylation is 1. The van der Waals surface area contributed by atoms with Crippen LogP contribution in [0.3, 0.4) is 0 Å². The summed E-state index contributed by atoms with van der Waals surface area (Å²) in [4.78, 5) is 30.5. The number of aromatic nitrogens is 3. The molecule has 10 heteroatoms. The van der Waals surface area contributed by atoms with E-state index in [9.17, 15) is 19.3 Å². The van der Waals surface area contributed by atoms with E-state index < -0.39 is 16.8 Å². The molecule has 0 fully saturated rings. The fourth-order valence-electron chi connectivity index (χ4n) is 2.39. The Kier molecular flexibility index (Phi) is 5.06. The molecule has 1 aromatic carbocycles. The average Bonchev–Trinajstić information content (AvgIpc) is 3.08. The number of nitrogens with one attached hydrogen (secondary N) is 2. The van der Waals surface area contributed by atoms with Crippen molar-refractivity contribution >= 4 is 17.4 Å². The zero-order chi connectivity index (χ0) is 19.4. The number of amides is 2. The lowest BCUT2D eigenvalue weighted by molar-refractivity contribution is -0.384. The van der Waals surface area contributed by atoms with E-state index in [1.54, 1.807) is 35.3 Å². The van der Waals surface area contributed by atoms with Crippen molar-refractivity contribution in [2.24, 2.45) is 0 Å². The number of nitro benzene ring substituents is 1. The lowest BCUT2D eigenvalue weighted by atomic mass is 10.2. The Morgan fingerprint density at radius 3 is 2.78 bits per heavy atom. The highest BCUT2D eigenvalue weighted by atomic mass is 19.1. The molecule has 27 heavy (non-hydrogen) atoms. The summed E-state index contributed by atoms with van der Waals surface area (Å²) >= 11 is 0. The zero-order valence-electron chi connectivity index (χ0n) is 14.2. The maximum absolute atomic E-state index is 13.7. The second kappa shape index (κ2) is 7.60. The molecule has 0 saturated heterocycles. The molecule has 0 unspecified atom stereocenters. The predicted octanol–water partition coefficient (Wildman–Crippen LogP) is 2.94. The van der Waals surface area contributed by atoms with Crippen LogP contribution >= 0.6 is 0 Å². The highest BCUT2D eigenvalue weighted by molar-refractivity contribution is 5.89. The van der Waals surface area contributed by atoms with Crippen LogP contribution < -0.4 is 10.6 Å². The Balaban J connectivity index is 1.66. The fraction of sp³-hybridized carbons (Fsp3) is 0.118. The highest BCUT2D eigenvalue weighted by Crippen LogP contribution is 2.21. The molecule has 0 aliphatic rings. The molecule has 3 rings (SSSR count). The number of imidazole rings is 1. The van der Waals surface area contributed by atoms with Crippen LogP contribution in [-0.2, 0) is 6.54 Å². The van der Waals surface area contributed by atoms with Crippen LogP contribution in [0.1, 0.15) is 11.4 Å². The van der Waals surface area contributed by atoms with Crippen molar-refractivity contribution in [1.29, 1.82) is 0 Å². The summed E-state index contributed by atoms with van der Waals surface area (Å²) in [5, 5.41) is 15.6. The Hall–Kier alpha value is -3.82. The number of carbonyl (C=O) groups is 1. The molecule has 2 amide bonds. The molecule has 0 bridgehead atoms. The third-order valence-electron chi connectivity index (χ3n) is 3.74. The number of benzene rings is 1. The molecule has 9 nitrogen and oxygen atoms in total. The summed E-state index contributed by atoms with van der Waals surface area (Å²) in [7, 11) is 0. The Morgan fingerprint density at radius 2 is 2.07 bits per heavy atom. The molecule has 3 aromatic rings. The van der Waals surface area contributed by atoms with Gasteiger partial charge < -0.3 is 10.6 Å². The summed E-state index contributed by atoms with van der Waals surface area (Å²) < 4.78 is 15.5. The minimum Gasteiger partial charge on any atom is -0.334 e. The first kappa shape index (κ1) is 18.0. The number of urea groups is 1. The number of nitrogens with zero attached hydrogens (tertiary/aromatic N) is 4. The van der Waals surface area contributed by atoms with E-state index in [0.717, 1.165) is 29.6 Å². The summed E-state index contributed by atoms with van der Waals surface area (Å²) in [6.07, 6.45) is 5.03. The molecule has 0 spiro atoms. The minimum absolute atomic E-state index is 0.158. The van der Waals surface area contributed by atoms with Crippen molar-refractivity contribution < 1.29 is 14.1 Å². The van der Waals surface area contributed by atoms with Crippen LogP contribution in [0.5, 0.6) is 0 Å². The summed E-state index contributed by atoms with van der Waals surface area (Å²) in [5.74, 6) is 0.651. The molecule has 0 aliphatic heterocycles. The van der Waals surface area contributed by atoms with E-state index in [4.69, 9.17) is 0 Å². The van der Waals surface area contributed by atoms with Gasteiger partial charge in [0, 0.05) is 37.3 Å². The topological polar surface area (TPSA) is 115 Å². The SMILES string of the molecule is Cc1nccn1-c1cc(CNC(=O)Nc2cc([N+](=O)[O-])ccc2F)ccn1. The van der Waals surface area contributed by atoms with E-state index in [1.807, 2.05) is 6.92 Å². The number of non-ortho nitro benzene ring substituents is 1. The fourth-order valence-corrected chi connectivity index (χ4v) is 2.39. The van der Waals surface area contributed by atoms with Gasteiger partial charge in [0.05, 0.1) is 10.6 Å². The Bertz CT molecular complexity index is 1000. The van der Waals surface area contributed by atoms with Crippen molar-refractivity contribution in [1.82, 2.24) is 19.9 Å². The average molecular weight is 370 g/mol. The molecule has 2 heterocycles. The number of hydrogen-bond acceptors (Lipinski definition) is 5. The van der Waals surface area contributed by atoms with Gasteiger partial charge in [-0.15, -0.1) is 0 Å². The maximum Gasteiger partial charge on any atom is 0.319 e. The number of nitro groups is 1. The third kappa shape index (κ3) is 4.24. The predicted molar refractivity (Wildman–Crippen MR) is 95.0 cm³/mol. The van der Waals surface area contributed by atoms with Crippen LogP contribution in [0.2, 0.25) is 0 Å². The largest absolute Gasteiger partial charge is 0.334 e. The molecular formula is C17H15FN6O3. The molecular weight excluding hydrogens is 355 g/mol. The lowest BCUT2D eigenvalue weighted by Crippen LogP contribution is -2.28. The molecule has 138 valence electrons. The third-order valence-corrected chi connectivity index (χ3v) is 3.74. The smallest absolute Gasteiger partial charge is 0.319 e. The van der Waals surface area contributed by atoms with Gasteiger partial charge in [-0.1, -0.05) is 0 Å². The van der Waals surface area contributed by atoms with Crippen molar-refractivity contribution in [3.63, 3.8) is 0 Å². The van der Waals surface area contributed by atoms with Crippen LogP contribution in [0, 0.1) is 22.9 Å². The lowest BCUT2D eigenvalue weighted by Gasteiger charge is -2.10. The van der Waals surface area contributed by atoms with E-state index in [2.05, 4.69) is 20.6 Å². The van der Waals surface area contributed by atoms with Gasteiger partial charge in [-0.2, -0.15) is 0 Å². The summed E-state index contributed by atoms with van der Waals surface area (Å²) in [6, 6.07) is 5.73. The second-order valence-corrected chi connectivity index (χ2v) is 5.60. The molecule has 0 aliphatic carbocycles. The first-order valence-electron chi connectivity index (χ1n) is 7.88. The van der Waals surface area contributed by atoms with Gasteiger partial charge in [0.1, 0.15) is 17.5 Å². The van der Waals surface area contributed by atoms with Crippen LogP contribution in [0.25, 0.3) is 5.82 Å². The molecule has 0 saturated carbocycles. The molecule has 0 atom stereocenters. The summed E-state index contributed by atoms with van der Waals surface area (Å²) in [5.41, 5.74) is 0.176. The van der Waals surface area contributed by atoms with E-state index in [0.29, 0.717) is 5.82 Å². The van der Waals surface area contributed by atoms with Gasteiger partial charge >= 0.3 is 6.03 Å². The van der Waals surface area contributed by atoms with Gasteiger partial charge in [0.25, 0.3) is 5.69 Å². The van der Waals surface area contributed by atoms with Crippen LogP contribution in [0.4, 0.5) is 20.6 Å². The minimum atomic E-state index is -0.766. The highest BCUT2D eigenvalue weighted by Gasteiger charge is 2.13. The first-order chi connectivity index (χ1) is 12.9. The standard InChI is InChI=1S/C17H15FN6O3/c1-11-19-6-7-23(11)16-8-12(4-5-20-16)10-21-17(25)22-15-9-13(24(26)27)2-3-14(15)18/h2-9H,10H2,1H3,(H2,21,22,25). The maximum atomic E-state index is 13.7. The number of carbonyl (C=O) groups excluding carboxylic acids is 1. The zero-order valence-corrected chi connectivity index (χ0v) is 14.2. The quantitative estimate of drug-likeness (QED) is 0.529. The Morgan fingerprint density at radius 1 is 1.26 bits per heavy atom. The van der Waals surface area contributed by atoms with E-state index in [1.165, 1.54) is 0 Å². The number of rotatable bonds is 5. The molecule has 0 radical (unpaired) electrons. The van der Waals surface area contributed by atoms with Crippen molar-refractivity contribution in [3.8, 4) is 5.82 Å². The monoisotopic (exact) mass is 370 g/mol. The number of pyridine rings is 1. The molecule has 2 aromatic heterocycles. The van der Waals surface area contributed by atoms with Crippen LogP contribution in [-0.4, -0.2) is 25.5 Å². The second-order valence-electron chi connectivity index (χ2n) is 5.60. The number of anilines is 1. The summed E-state index contributed by atoms with van der Waals surface area (Å²) in [6.45, 7) is 2.00. The van der Waals surface area contributed by atoms with Crippen molar-refractivity contribution in [3.05, 3.63) is 76.2 Å². The Labute approximate surface area is 153 Å². The van der Waals surface area contributed by atoms with E-state index in [-0.39, 0.29) is 17.9 Å². The van der Waals surface area contributed by atoms with Crippen LogP contribution in [0.15, 0.2) is 48.9 Å². The van der Waals surface area contributed by atoms with Crippen molar-refractivity contribution in [2.75, 3.05) is 5.32 Å². The van der Waals surface area contributed by atoms with Gasteiger partial charge in [0.15, 0.2) is 0 Å². The first-order valence-corrected chi connectivity index (χ1v) is 7.88. The molecule has 2 N–H and O–H groups in total. The van der Waals surface area contributed by atoms with Gasteiger partial charge in [-0.25, -0.2) is 19.2 Å². The number of halogens is 1. The number of hydrogen-bond donors (Lipinski definition) is 2. The van der Waals surface area contributed by atoms with E-state index >= 15 is 0 Å². The van der Waals surface area contributed by atoms with Gasteiger partial charge in [-0.05, 0) is 30.7 Å². The van der Waals surface area contributed by atoms with Crippen molar-refractivity contribution in [2.45, 2.75) is 13.5 Å².